The maximum Gasteiger partial charge on any atom is 0.285 e. The van der Waals surface area contributed by atoms with Gasteiger partial charge in [-0.25, -0.2) is 0 Å². The molecule has 38 heavy (non-hydrogen) atoms. The minimum atomic E-state index is -1.22. The second kappa shape index (κ2) is 9.34. The van der Waals surface area contributed by atoms with Gasteiger partial charge in [0.2, 0.25) is 29.4 Å². The Labute approximate surface area is 224 Å². The van der Waals surface area contributed by atoms with Crippen LogP contribution >= 0.6 is 0 Å². The molecule has 0 radical (unpaired) electrons. The lowest BCUT2D eigenvalue weighted by Crippen LogP contribution is -2.62. The quantitative estimate of drug-likeness (QED) is 0.321. The van der Waals surface area contributed by atoms with Crippen molar-refractivity contribution in [2.75, 3.05) is 13.1 Å². The molecule has 3 unspecified atom stereocenters. The van der Waals surface area contributed by atoms with Crippen molar-refractivity contribution in [2.24, 2.45) is 50.9 Å². The van der Waals surface area contributed by atoms with Gasteiger partial charge in [-0.05, 0) is 29.6 Å². The lowest BCUT2D eigenvalue weighted by molar-refractivity contribution is -0.150. The van der Waals surface area contributed by atoms with E-state index in [9.17, 15) is 28.8 Å². The zero-order chi connectivity index (χ0) is 29.2. The Hall–Kier alpha value is -2.98. The summed E-state index contributed by atoms with van der Waals surface area (Å²) in [5, 5.41) is 5.60. The van der Waals surface area contributed by atoms with Gasteiger partial charge in [0.05, 0.1) is 0 Å². The molecule has 2 aliphatic heterocycles. The molecule has 0 bridgehead atoms. The summed E-state index contributed by atoms with van der Waals surface area (Å²) < 4.78 is 0. The van der Waals surface area contributed by atoms with E-state index in [-0.39, 0.29) is 30.7 Å². The fourth-order valence-electron chi connectivity index (χ4n) is 6.92. The van der Waals surface area contributed by atoms with Crippen molar-refractivity contribution >= 4 is 35.3 Å². The molecule has 0 aromatic rings. The van der Waals surface area contributed by atoms with E-state index >= 15 is 0 Å². The first-order valence-corrected chi connectivity index (χ1v) is 13.2. The van der Waals surface area contributed by atoms with Gasteiger partial charge in [0.1, 0.15) is 12.1 Å². The predicted octanol–water partition coefficient (Wildman–Crippen LogP) is 0.0987. The molecule has 5 amide bonds. The number of Topliss-reactive ketones (excluding diaryl/α,β-unsaturated/α-hetero) is 1. The van der Waals surface area contributed by atoms with Crippen LogP contribution in [0.3, 0.4) is 0 Å². The molecule has 0 aromatic heterocycles. The average Bonchev–Trinajstić information content (AvgIpc) is 3.11. The van der Waals surface area contributed by atoms with E-state index in [1.165, 1.54) is 4.90 Å². The largest absolute Gasteiger partial charge is 0.368 e. The van der Waals surface area contributed by atoms with Crippen LogP contribution in [0.15, 0.2) is 0 Å². The van der Waals surface area contributed by atoms with E-state index in [0.29, 0.717) is 13.0 Å². The number of ketones is 1. The van der Waals surface area contributed by atoms with Crippen LogP contribution in [0.1, 0.15) is 68.2 Å². The highest BCUT2D eigenvalue weighted by molar-refractivity contribution is 6.36. The molecule has 11 heteroatoms. The summed E-state index contributed by atoms with van der Waals surface area (Å²) in [4.78, 5) is 79.4. The number of carbonyl (C=O) groups is 6. The van der Waals surface area contributed by atoms with Crippen molar-refractivity contribution in [1.29, 1.82) is 0 Å². The average molecular weight is 534 g/mol. The number of rotatable bonds is 8. The second-order valence-corrected chi connectivity index (χ2v) is 13.8. The van der Waals surface area contributed by atoms with Crippen LogP contribution in [-0.4, -0.2) is 65.4 Å². The maximum absolute atomic E-state index is 14.1. The fourth-order valence-corrected chi connectivity index (χ4v) is 6.92. The van der Waals surface area contributed by atoms with Gasteiger partial charge in [-0.1, -0.05) is 55.4 Å². The number of nitrogens with one attached hydrogen (secondary N) is 2. The van der Waals surface area contributed by atoms with E-state index in [0.717, 1.165) is 0 Å². The number of likely N-dealkylation sites (tertiary alicyclic amines) is 1. The highest BCUT2D eigenvalue weighted by atomic mass is 16.2. The standard InChI is InChI=1S/C27H43N5O6/c1-24(2,3)17(31-23(38)25(4,5)6)22(37)32-12-15-26(7,8)27(15,18(32)20(29)35)14(16(33)19(28)34)11-13-9-10-30-21(13)36/h13-15,17-18H,9-12H2,1-8H3,(H2,28,34)(H2,29,35)(H,30,36)(H,31,38)/t13-,14-,15?,17-,18?,27?/m1/s1. The summed E-state index contributed by atoms with van der Waals surface area (Å²) in [5.74, 6) is -5.79. The van der Waals surface area contributed by atoms with Crippen molar-refractivity contribution in [3.63, 3.8) is 0 Å². The fraction of sp³-hybridized carbons (Fsp3) is 0.778. The Balaban J connectivity index is 2.08. The van der Waals surface area contributed by atoms with Crippen molar-refractivity contribution < 1.29 is 28.8 Å². The van der Waals surface area contributed by atoms with Gasteiger partial charge >= 0.3 is 0 Å². The van der Waals surface area contributed by atoms with Crippen LogP contribution in [0.25, 0.3) is 0 Å². The monoisotopic (exact) mass is 533 g/mol. The maximum atomic E-state index is 14.1. The number of hydrogen-bond donors (Lipinski definition) is 4. The highest BCUT2D eigenvalue weighted by Crippen LogP contribution is 2.78. The van der Waals surface area contributed by atoms with Gasteiger partial charge in [0, 0.05) is 35.8 Å². The van der Waals surface area contributed by atoms with Gasteiger partial charge in [-0.3, -0.25) is 28.8 Å². The highest BCUT2D eigenvalue weighted by Gasteiger charge is 2.84. The van der Waals surface area contributed by atoms with Crippen molar-refractivity contribution in [2.45, 2.75) is 80.3 Å². The Morgan fingerprint density at radius 2 is 1.66 bits per heavy atom. The van der Waals surface area contributed by atoms with E-state index in [2.05, 4.69) is 10.6 Å². The Morgan fingerprint density at radius 1 is 1.08 bits per heavy atom. The topological polar surface area (TPSA) is 182 Å². The number of primary amides is 2. The van der Waals surface area contributed by atoms with Crippen LogP contribution in [-0.2, 0) is 28.8 Å². The molecule has 11 nitrogen and oxygen atoms in total. The molecule has 212 valence electrons. The van der Waals surface area contributed by atoms with Gasteiger partial charge in [-0.15, -0.1) is 0 Å². The van der Waals surface area contributed by atoms with Gasteiger partial charge in [0.25, 0.3) is 5.91 Å². The SMILES string of the molecule is CC(C)(C)C(=O)N[C@H](C(=O)N1CC2C(C)(C)C2([C@H](C[C@H]2CCNC2=O)C(=O)C(N)=O)C1C(N)=O)C(C)(C)C. The van der Waals surface area contributed by atoms with E-state index in [1.54, 1.807) is 20.8 Å². The summed E-state index contributed by atoms with van der Waals surface area (Å²) in [7, 11) is 0. The lowest BCUT2D eigenvalue weighted by Gasteiger charge is -2.41. The molecule has 1 aliphatic carbocycles. The number of carbonyl (C=O) groups excluding carboxylic acids is 6. The number of amides is 5. The van der Waals surface area contributed by atoms with E-state index in [4.69, 9.17) is 11.5 Å². The summed E-state index contributed by atoms with van der Waals surface area (Å²) in [6, 6.07) is -2.19. The summed E-state index contributed by atoms with van der Waals surface area (Å²) in [5.41, 5.74) is 8.14. The number of nitrogens with zero attached hydrogens (tertiary/aromatic N) is 1. The first-order valence-electron chi connectivity index (χ1n) is 13.2. The minimum Gasteiger partial charge on any atom is -0.368 e. The molecule has 6 N–H and O–H groups in total. The Morgan fingerprint density at radius 3 is 2.08 bits per heavy atom. The number of fused-ring (bicyclic) bond motifs is 1. The summed E-state index contributed by atoms with van der Waals surface area (Å²) >= 11 is 0. The molecule has 3 fully saturated rings. The molecule has 2 heterocycles. The summed E-state index contributed by atoms with van der Waals surface area (Å²) in [6.07, 6.45) is 0.514. The minimum absolute atomic E-state index is 0.0306. The summed E-state index contributed by atoms with van der Waals surface area (Å²) in [6.45, 7) is 15.0. The zero-order valence-electron chi connectivity index (χ0n) is 23.8. The van der Waals surface area contributed by atoms with E-state index in [1.807, 2.05) is 34.6 Å². The number of hydrogen-bond acceptors (Lipinski definition) is 6. The third-order valence-electron chi connectivity index (χ3n) is 9.06. The normalized spacial score (nSPS) is 29.6. The predicted molar refractivity (Wildman–Crippen MR) is 139 cm³/mol. The van der Waals surface area contributed by atoms with Crippen molar-refractivity contribution in [1.82, 2.24) is 15.5 Å². The molecule has 0 aromatic carbocycles. The molecular formula is C27H43N5O6. The molecule has 3 rings (SSSR count). The first kappa shape index (κ1) is 29.6. The van der Waals surface area contributed by atoms with Crippen molar-refractivity contribution in [3.8, 4) is 0 Å². The smallest absolute Gasteiger partial charge is 0.285 e. The molecule has 0 spiro atoms. The van der Waals surface area contributed by atoms with Crippen LogP contribution in [0.2, 0.25) is 0 Å². The van der Waals surface area contributed by atoms with Crippen LogP contribution in [0.5, 0.6) is 0 Å². The molecule has 1 saturated carbocycles. The lowest BCUT2D eigenvalue weighted by atomic mass is 9.70. The van der Waals surface area contributed by atoms with Crippen LogP contribution in [0, 0.1) is 39.4 Å². The number of nitrogens with two attached hydrogens (primary N) is 2. The molecule has 3 aliphatic rings. The molecular weight excluding hydrogens is 490 g/mol. The third kappa shape index (κ3) is 4.58. The first-order chi connectivity index (χ1) is 17.2. The van der Waals surface area contributed by atoms with Crippen molar-refractivity contribution in [3.05, 3.63) is 0 Å². The third-order valence-corrected chi connectivity index (χ3v) is 9.06. The number of piperidine rings is 1. The van der Waals surface area contributed by atoms with Gasteiger partial charge in [-0.2, -0.15) is 0 Å². The zero-order valence-corrected chi connectivity index (χ0v) is 23.8. The van der Waals surface area contributed by atoms with E-state index < -0.39 is 69.1 Å². The van der Waals surface area contributed by atoms with Crippen LogP contribution < -0.4 is 22.1 Å². The van der Waals surface area contributed by atoms with Gasteiger partial charge in [0.15, 0.2) is 0 Å². The van der Waals surface area contributed by atoms with Crippen LogP contribution in [0.4, 0.5) is 0 Å². The molecule has 6 atom stereocenters. The Bertz CT molecular complexity index is 1070. The molecule has 2 saturated heterocycles. The second-order valence-electron chi connectivity index (χ2n) is 13.8. The van der Waals surface area contributed by atoms with Gasteiger partial charge < -0.3 is 27.0 Å². The Kier molecular flexibility index (Phi) is 7.27.